The monoisotopic (exact) mass is 246 g/mol. The highest BCUT2D eigenvalue weighted by Crippen LogP contribution is 2.21. The van der Waals surface area contributed by atoms with Gasteiger partial charge in [-0.05, 0) is 31.6 Å². The van der Waals surface area contributed by atoms with Gasteiger partial charge in [-0.2, -0.15) is 5.10 Å². The predicted octanol–water partition coefficient (Wildman–Crippen LogP) is 0.825. The van der Waals surface area contributed by atoms with Crippen LogP contribution in [0.1, 0.15) is 43.3 Å². The summed E-state index contributed by atoms with van der Waals surface area (Å²) in [6, 6.07) is 0. The van der Waals surface area contributed by atoms with Crippen LogP contribution in [0.3, 0.4) is 0 Å². The van der Waals surface area contributed by atoms with Gasteiger partial charge in [-0.25, -0.2) is 4.98 Å². The van der Waals surface area contributed by atoms with Crippen LogP contribution in [0.5, 0.6) is 0 Å². The fourth-order valence-corrected chi connectivity index (χ4v) is 2.95. The molecule has 1 aliphatic carbocycles. The lowest BCUT2D eigenvalue weighted by molar-refractivity contribution is 0.376. The average Bonchev–Trinajstić information content (AvgIpc) is 2.39. The summed E-state index contributed by atoms with van der Waals surface area (Å²) in [7, 11) is 0. The summed E-state index contributed by atoms with van der Waals surface area (Å²) in [6.07, 6.45) is 4.65. The summed E-state index contributed by atoms with van der Waals surface area (Å²) >= 11 is 0. The number of nitrogens with zero attached hydrogens (tertiary/aromatic N) is 3. The molecule has 5 heteroatoms. The fourth-order valence-electron chi connectivity index (χ4n) is 2.95. The second-order valence-electron chi connectivity index (χ2n) is 5.34. The summed E-state index contributed by atoms with van der Waals surface area (Å²) in [5.74, 6) is 6.88. The van der Waals surface area contributed by atoms with E-state index < -0.39 is 0 Å². The largest absolute Gasteiger partial charge is 0.323 e. The third-order valence-corrected chi connectivity index (χ3v) is 3.95. The molecule has 0 bridgehead atoms. The minimum atomic E-state index is 0.0606. The number of hydrazone groups is 1. The lowest BCUT2D eigenvalue weighted by Crippen LogP contribution is -2.38. The van der Waals surface area contributed by atoms with Gasteiger partial charge in [-0.1, -0.05) is 6.92 Å². The van der Waals surface area contributed by atoms with Crippen molar-refractivity contribution in [3.05, 3.63) is 27.4 Å². The van der Waals surface area contributed by atoms with Gasteiger partial charge in [0, 0.05) is 13.0 Å². The molecular weight excluding hydrogens is 228 g/mol. The maximum absolute atomic E-state index is 12.6. The summed E-state index contributed by atoms with van der Waals surface area (Å²) in [5.41, 5.74) is 2.35. The highest BCUT2D eigenvalue weighted by atomic mass is 16.1. The Balaban J connectivity index is 2.22. The quantitative estimate of drug-likeness (QED) is 0.544. The highest BCUT2D eigenvalue weighted by molar-refractivity contribution is 6.01. The second-order valence-corrected chi connectivity index (χ2v) is 5.34. The van der Waals surface area contributed by atoms with Crippen molar-refractivity contribution < 1.29 is 0 Å². The van der Waals surface area contributed by atoms with E-state index in [4.69, 9.17) is 5.84 Å². The van der Waals surface area contributed by atoms with Gasteiger partial charge in [0.25, 0.3) is 5.56 Å². The number of rotatable bonds is 0. The SMILES string of the molecule is CC1CCc2nc3c(c(=O)n2C1)C(=NN)CCC3. The molecule has 0 aromatic carbocycles. The molecule has 0 radical (unpaired) electrons. The summed E-state index contributed by atoms with van der Waals surface area (Å²) < 4.78 is 1.82. The molecule has 0 saturated heterocycles. The van der Waals surface area contributed by atoms with Crippen molar-refractivity contribution in [1.82, 2.24) is 9.55 Å². The molecule has 1 aromatic rings. The lowest BCUT2D eigenvalue weighted by atomic mass is 9.93. The van der Waals surface area contributed by atoms with E-state index in [9.17, 15) is 4.79 Å². The molecule has 2 heterocycles. The maximum Gasteiger partial charge on any atom is 0.262 e. The van der Waals surface area contributed by atoms with Crippen molar-refractivity contribution in [2.24, 2.45) is 16.9 Å². The summed E-state index contributed by atoms with van der Waals surface area (Å²) in [4.78, 5) is 17.2. The molecule has 3 rings (SSSR count). The Hall–Kier alpha value is -1.65. The Morgan fingerprint density at radius 2 is 2.22 bits per heavy atom. The van der Waals surface area contributed by atoms with Gasteiger partial charge in [0.15, 0.2) is 0 Å². The van der Waals surface area contributed by atoms with Gasteiger partial charge < -0.3 is 5.84 Å². The van der Waals surface area contributed by atoms with Crippen molar-refractivity contribution in [2.45, 2.75) is 45.6 Å². The Labute approximate surface area is 106 Å². The predicted molar refractivity (Wildman–Crippen MR) is 69.6 cm³/mol. The van der Waals surface area contributed by atoms with E-state index >= 15 is 0 Å². The first-order valence-electron chi connectivity index (χ1n) is 6.60. The second kappa shape index (κ2) is 4.23. The molecule has 0 fully saturated rings. The van der Waals surface area contributed by atoms with Crippen LogP contribution in [0.4, 0.5) is 0 Å². The Morgan fingerprint density at radius 1 is 1.39 bits per heavy atom. The standard InChI is InChI=1S/C13H18N4O/c1-8-5-6-11-15-9-3-2-4-10(16-14)12(9)13(18)17(11)7-8/h8H,2-7,14H2,1H3. The molecular formula is C13H18N4O. The molecule has 1 aromatic heterocycles. The van der Waals surface area contributed by atoms with Gasteiger partial charge >= 0.3 is 0 Å². The molecule has 0 amide bonds. The smallest absolute Gasteiger partial charge is 0.262 e. The molecule has 2 N–H and O–H groups in total. The van der Waals surface area contributed by atoms with E-state index in [1.807, 2.05) is 4.57 Å². The molecule has 2 aliphatic rings. The van der Waals surface area contributed by atoms with Crippen molar-refractivity contribution in [3.8, 4) is 0 Å². The lowest BCUT2D eigenvalue weighted by Gasteiger charge is -2.26. The average molecular weight is 246 g/mol. The minimum absolute atomic E-state index is 0.0606. The minimum Gasteiger partial charge on any atom is -0.323 e. The molecule has 0 spiro atoms. The molecule has 96 valence electrons. The van der Waals surface area contributed by atoms with Crippen LogP contribution in [0.2, 0.25) is 0 Å². The van der Waals surface area contributed by atoms with E-state index in [0.29, 0.717) is 11.5 Å². The van der Waals surface area contributed by atoms with Crippen molar-refractivity contribution in [3.63, 3.8) is 0 Å². The molecule has 1 atom stereocenters. The number of fused-ring (bicyclic) bond motifs is 2. The maximum atomic E-state index is 12.6. The van der Waals surface area contributed by atoms with Crippen LogP contribution in [0.25, 0.3) is 0 Å². The van der Waals surface area contributed by atoms with Crippen molar-refractivity contribution >= 4 is 5.71 Å². The van der Waals surface area contributed by atoms with Gasteiger partial charge in [0.2, 0.25) is 0 Å². The van der Waals surface area contributed by atoms with E-state index in [1.165, 1.54) is 0 Å². The third-order valence-electron chi connectivity index (χ3n) is 3.95. The molecule has 5 nitrogen and oxygen atoms in total. The first-order chi connectivity index (χ1) is 8.70. The van der Waals surface area contributed by atoms with Gasteiger partial charge in [0.1, 0.15) is 5.82 Å². The summed E-state index contributed by atoms with van der Waals surface area (Å²) in [6.45, 7) is 2.94. The van der Waals surface area contributed by atoms with Crippen molar-refractivity contribution in [2.75, 3.05) is 0 Å². The first kappa shape index (κ1) is 11.4. The zero-order valence-corrected chi connectivity index (χ0v) is 10.6. The van der Waals surface area contributed by atoms with E-state index in [-0.39, 0.29) is 5.56 Å². The molecule has 18 heavy (non-hydrogen) atoms. The molecule has 0 saturated carbocycles. The van der Waals surface area contributed by atoms with E-state index in [2.05, 4.69) is 17.0 Å². The Kier molecular flexibility index (Phi) is 2.69. The zero-order valence-electron chi connectivity index (χ0n) is 10.6. The van der Waals surface area contributed by atoms with Gasteiger partial charge in [-0.3, -0.25) is 9.36 Å². The van der Waals surface area contributed by atoms with Crippen LogP contribution < -0.4 is 11.4 Å². The molecule has 1 unspecified atom stereocenters. The number of aryl methyl sites for hydroxylation is 2. The van der Waals surface area contributed by atoms with Crippen LogP contribution in [0, 0.1) is 5.92 Å². The van der Waals surface area contributed by atoms with Gasteiger partial charge in [0.05, 0.1) is 17.0 Å². The van der Waals surface area contributed by atoms with Crippen LogP contribution in [0.15, 0.2) is 9.90 Å². The normalized spacial score (nSPS) is 24.7. The zero-order chi connectivity index (χ0) is 12.7. The van der Waals surface area contributed by atoms with Gasteiger partial charge in [-0.15, -0.1) is 0 Å². The fraction of sp³-hybridized carbons (Fsp3) is 0.615. The number of nitrogens with two attached hydrogens (primary N) is 1. The summed E-state index contributed by atoms with van der Waals surface area (Å²) in [5, 5.41) is 3.78. The van der Waals surface area contributed by atoms with Crippen LogP contribution in [-0.4, -0.2) is 15.3 Å². The first-order valence-corrected chi connectivity index (χ1v) is 6.60. The van der Waals surface area contributed by atoms with Crippen LogP contribution in [-0.2, 0) is 19.4 Å². The Morgan fingerprint density at radius 3 is 3.00 bits per heavy atom. The van der Waals surface area contributed by atoms with Crippen molar-refractivity contribution in [1.29, 1.82) is 0 Å². The highest BCUT2D eigenvalue weighted by Gasteiger charge is 2.26. The number of hydrogen-bond acceptors (Lipinski definition) is 4. The van der Waals surface area contributed by atoms with E-state index in [0.717, 1.165) is 55.9 Å². The Bertz CT molecular complexity index is 573. The number of hydrogen-bond donors (Lipinski definition) is 1. The van der Waals surface area contributed by atoms with Crippen LogP contribution >= 0.6 is 0 Å². The third kappa shape index (κ3) is 1.65. The number of aromatic nitrogens is 2. The van der Waals surface area contributed by atoms with E-state index in [1.54, 1.807) is 0 Å². The molecule has 1 aliphatic heterocycles. The topological polar surface area (TPSA) is 73.3 Å².